The summed E-state index contributed by atoms with van der Waals surface area (Å²) in [5.41, 5.74) is 1.54. The number of carbonyl (C=O) groups is 2. The van der Waals surface area contributed by atoms with Gasteiger partial charge in [-0.1, -0.05) is 35.9 Å². The number of rotatable bonds is 8. The highest BCUT2D eigenvalue weighted by molar-refractivity contribution is 7.89. The Balaban J connectivity index is 2.21. The molecule has 0 saturated heterocycles. The molecule has 28 heavy (non-hydrogen) atoms. The quantitative estimate of drug-likeness (QED) is 0.681. The number of aryl methyl sites for hydroxylation is 1. The summed E-state index contributed by atoms with van der Waals surface area (Å²) in [6.07, 6.45) is -0.366. The number of anilines is 1. The Kier molecular flexibility index (Phi) is 7.31. The molecule has 0 aromatic heterocycles. The van der Waals surface area contributed by atoms with E-state index in [9.17, 15) is 18.0 Å². The molecule has 7 nitrogen and oxygen atoms in total. The van der Waals surface area contributed by atoms with Gasteiger partial charge >= 0.3 is 5.97 Å². The maximum Gasteiger partial charge on any atom is 0.324 e. The second-order valence-electron chi connectivity index (χ2n) is 6.23. The lowest BCUT2D eigenvalue weighted by Gasteiger charge is -2.21. The number of carbonyl (C=O) groups excluding carboxylic acids is 2. The minimum atomic E-state index is -4.00. The van der Waals surface area contributed by atoms with E-state index < -0.39 is 27.9 Å². The smallest absolute Gasteiger partial charge is 0.324 e. The van der Waals surface area contributed by atoms with Crippen molar-refractivity contribution < 1.29 is 22.7 Å². The van der Waals surface area contributed by atoms with Crippen LogP contribution in [-0.4, -0.2) is 40.0 Å². The zero-order valence-electron chi connectivity index (χ0n) is 16.1. The number of ether oxygens (including phenoxy) is 1. The number of hydrogen-bond donors (Lipinski definition) is 1. The Morgan fingerprint density at radius 1 is 1.07 bits per heavy atom. The van der Waals surface area contributed by atoms with Gasteiger partial charge in [-0.15, -0.1) is 0 Å². The molecule has 1 amide bonds. The van der Waals surface area contributed by atoms with Gasteiger partial charge in [0.05, 0.1) is 17.9 Å². The first kappa shape index (κ1) is 21.6. The van der Waals surface area contributed by atoms with Crippen molar-refractivity contribution in [2.45, 2.75) is 31.2 Å². The van der Waals surface area contributed by atoms with Crippen molar-refractivity contribution in [3.05, 3.63) is 60.2 Å². The molecule has 0 aliphatic rings. The molecule has 2 aromatic carbocycles. The molecular formula is C20H24N2O5S. The first-order valence-corrected chi connectivity index (χ1v) is 10.3. The van der Waals surface area contributed by atoms with E-state index in [2.05, 4.69) is 4.72 Å². The summed E-state index contributed by atoms with van der Waals surface area (Å²) < 4.78 is 32.5. The summed E-state index contributed by atoms with van der Waals surface area (Å²) in [4.78, 5) is 26.3. The van der Waals surface area contributed by atoms with E-state index in [1.807, 2.05) is 13.0 Å². The minimum absolute atomic E-state index is 0.0104. The van der Waals surface area contributed by atoms with Crippen molar-refractivity contribution >= 4 is 27.6 Å². The molecule has 2 aromatic rings. The van der Waals surface area contributed by atoms with Crippen molar-refractivity contribution in [3.8, 4) is 0 Å². The fourth-order valence-corrected chi connectivity index (χ4v) is 3.68. The molecule has 1 atom stereocenters. The van der Waals surface area contributed by atoms with Gasteiger partial charge in [0.15, 0.2) is 0 Å². The van der Waals surface area contributed by atoms with Crippen LogP contribution in [0.3, 0.4) is 0 Å². The van der Waals surface area contributed by atoms with E-state index >= 15 is 0 Å². The van der Waals surface area contributed by atoms with Crippen LogP contribution in [0.5, 0.6) is 0 Å². The molecule has 1 unspecified atom stereocenters. The highest BCUT2D eigenvalue weighted by atomic mass is 32.2. The lowest BCUT2D eigenvalue weighted by molar-refractivity contribution is -0.146. The maximum absolute atomic E-state index is 12.6. The molecular weight excluding hydrogens is 380 g/mol. The van der Waals surface area contributed by atoms with Gasteiger partial charge in [0.2, 0.25) is 15.9 Å². The van der Waals surface area contributed by atoms with Gasteiger partial charge in [0, 0.05) is 12.7 Å². The van der Waals surface area contributed by atoms with Crippen molar-refractivity contribution in [3.63, 3.8) is 0 Å². The molecule has 1 N–H and O–H groups in total. The molecule has 0 radical (unpaired) electrons. The summed E-state index contributed by atoms with van der Waals surface area (Å²) >= 11 is 0. The van der Waals surface area contributed by atoms with E-state index in [1.54, 1.807) is 50.4 Å². The third-order valence-electron chi connectivity index (χ3n) is 4.10. The third kappa shape index (κ3) is 5.64. The second kappa shape index (κ2) is 9.48. The van der Waals surface area contributed by atoms with E-state index in [-0.39, 0.29) is 17.9 Å². The van der Waals surface area contributed by atoms with Gasteiger partial charge in [0.25, 0.3) is 0 Å². The van der Waals surface area contributed by atoms with Crippen LogP contribution in [0, 0.1) is 6.92 Å². The van der Waals surface area contributed by atoms with E-state index in [0.717, 1.165) is 5.56 Å². The van der Waals surface area contributed by atoms with Crippen LogP contribution in [0.15, 0.2) is 59.5 Å². The molecule has 0 bridgehead atoms. The van der Waals surface area contributed by atoms with Crippen LogP contribution >= 0.6 is 0 Å². The Bertz CT molecular complexity index is 911. The van der Waals surface area contributed by atoms with E-state index in [1.165, 1.54) is 17.0 Å². The number of para-hydroxylation sites is 1. The van der Waals surface area contributed by atoms with Gasteiger partial charge < -0.3 is 9.64 Å². The summed E-state index contributed by atoms with van der Waals surface area (Å²) in [6, 6.07) is 13.7. The van der Waals surface area contributed by atoms with Crippen LogP contribution in [-0.2, 0) is 24.3 Å². The Hall–Kier alpha value is -2.71. The molecule has 2 rings (SSSR count). The van der Waals surface area contributed by atoms with Gasteiger partial charge in [0.1, 0.15) is 6.04 Å². The molecule has 0 aliphatic heterocycles. The third-order valence-corrected chi connectivity index (χ3v) is 5.58. The normalized spacial score (nSPS) is 12.2. The number of nitrogens with one attached hydrogen (secondary N) is 1. The lowest BCUT2D eigenvalue weighted by atomic mass is 10.2. The van der Waals surface area contributed by atoms with Gasteiger partial charge in [-0.25, -0.2) is 8.42 Å². The monoisotopic (exact) mass is 404 g/mol. The van der Waals surface area contributed by atoms with Crippen molar-refractivity contribution in [1.29, 1.82) is 0 Å². The molecule has 0 aliphatic carbocycles. The largest absolute Gasteiger partial charge is 0.465 e. The zero-order chi connectivity index (χ0) is 20.7. The molecule has 8 heteroatoms. The first-order valence-electron chi connectivity index (χ1n) is 8.82. The van der Waals surface area contributed by atoms with E-state index in [4.69, 9.17) is 4.74 Å². The highest BCUT2D eigenvalue weighted by Gasteiger charge is 2.30. The van der Waals surface area contributed by atoms with Crippen LogP contribution in [0.1, 0.15) is 18.9 Å². The standard InChI is InChI=1S/C20H24N2O5S/c1-4-27-20(24)18(14-19(23)22(3)16-8-6-5-7-9-16)21-28(25,26)17-12-10-15(2)11-13-17/h5-13,18,21H,4,14H2,1-3H3. The summed E-state index contributed by atoms with van der Waals surface area (Å²) in [7, 11) is -2.43. The summed E-state index contributed by atoms with van der Waals surface area (Å²) in [5.74, 6) is -1.22. The predicted octanol–water partition coefficient (Wildman–Crippen LogP) is 2.26. The molecule has 150 valence electrons. The Morgan fingerprint density at radius 3 is 2.25 bits per heavy atom. The number of hydrogen-bond acceptors (Lipinski definition) is 5. The number of amides is 1. The first-order chi connectivity index (χ1) is 13.2. The van der Waals surface area contributed by atoms with Crippen LogP contribution in [0.2, 0.25) is 0 Å². The lowest BCUT2D eigenvalue weighted by Crippen LogP contribution is -2.45. The number of benzene rings is 2. The van der Waals surface area contributed by atoms with E-state index in [0.29, 0.717) is 5.69 Å². The molecule has 0 fully saturated rings. The average molecular weight is 404 g/mol. The fourth-order valence-electron chi connectivity index (χ4n) is 2.50. The zero-order valence-corrected chi connectivity index (χ0v) is 16.9. The van der Waals surface area contributed by atoms with Crippen molar-refractivity contribution in [2.75, 3.05) is 18.6 Å². The molecule has 0 heterocycles. The van der Waals surface area contributed by atoms with Crippen LogP contribution in [0.25, 0.3) is 0 Å². The van der Waals surface area contributed by atoms with Gasteiger partial charge in [-0.2, -0.15) is 4.72 Å². The van der Waals surface area contributed by atoms with Crippen LogP contribution < -0.4 is 9.62 Å². The Morgan fingerprint density at radius 2 is 1.68 bits per heavy atom. The number of esters is 1. The molecule has 0 spiro atoms. The van der Waals surface area contributed by atoms with Crippen molar-refractivity contribution in [2.24, 2.45) is 0 Å². The topological polar surface area (TPSA) is 92.8 Å². The number of sulfonamides is 1. The second-order valence-corrected chi connectivity index (χ2v) is 7.95. The van der Waals surface area contributed by atoms with Crippen LogP contribution in [0.4, 0.5) is 5.69 Å². The Labute approximate surface area is 165 Å². The average Bonchev–Trinajstić information content (AvgIpc) is 2.67. The summed E-state index contributed by atoms with van der Waals surface area (Å²) in [5, 5.41) is 0. The minimum Gasteiger partial charge on any atom is -0.465 e. The van der Waals surface area contributed by atoms with Crippen molar-refractivity contribution in [1.82, 2.24) is 4.72 Å². The SMILES string of the molecule is CCOC(=O)C(CC(=O)N(C)c1ccccc1)NS(=O)(=O)c1ccc(C)cc1. The molecule has 0 saturated carbocycles. The van der Waals surface area contributed by atoms with Gasteiger partial charge in [-0.3, -0.25) is 9.59 Å². The van der Waals surface area contributed by atoms with Gasteiger partial charge in [-0.05, 0) is 38.1 Å². The maximum atomic E-state index is 12.6. The fraction of sp³-hybridized carbons (Fsp3) is 0.300. The summed E-state index contributed by atoms with van der Waals surface area (Å²) in [6.45, 7) is 3.52. The highest BCUT2D eigenvalue weighted by Crippen LogP contribution is 2.15. The predicted molar refractivity (Wildman–Crippen MR) is 106 cm³/mol. The number of nitrogens with zero attached hydrogens (tertiary/aromatic N) is 1.